The first-order chi connectivity index (χ1) is 15.2. The van der Waals surface area contributed by atoms with Gasteiger partial charge in [0, 0.05) is 32.6 Å². The van der Waals surface area contributed by atoms with Gasteiger partial charge in [-0.15, -0.1) is 0 Å². The molecule has 0 spiro atoms. The second-order valence-corrected chi connectivity index (χ2v) is 10.8. The minimum atomic E-state index is -0.772. The third kappa shape index (κ3) is 4.51. The maximum Gasteiger partial charge on any atom is 0.303 e. The standard InChI is InChI=1S/C26H36O7/c1-13-11-18(30)23-24(33-17(5)29)22-14(2)19(31-15(3)27)9-10-26(22,8)12-20(32-16(4)28)21(13)25(23,6)7/h11,19-24H,2,9-10,12H2,1,3-8H3/t19-,20-,21+,22-,23-,24-,26-/m0/s1. The Morgan fingerprint density at radius 2 is 1.52 bits per heavy atom. The quantitative estimate of drug-likeness (QED) is 0.357. The highest BCUT2D eigenvalue weighted by molar-refractivity contribution is 5.95. The molecule has 7 heteroatoms. The molecule has 2 saturated carbocycles. The first kappa shape index (κ1) is 25.2. The van der Waals surface area contributed by atoms with Crippen molar-refractivity contribution in [2.24, 2.45) is 28.6 Å². The van der Waals surface area contributed by atoms with E-state index >= 15 is 0 Å². The van der Waals surface area contributed by atoms with Crippen LogP contribution in [-0.4, -0.2) is 42.0 Å². The predicted octanol–water partition coefficient (Wildman–Crippen LogP) is 3.95. The summed E-state index contributed by atoms with van der Waals surface area (Å²) in [6.45, 7) is 16.3. The van der Waals surface area contributed by atoms with Gasteiger partial charge < -0.3 is 14.2 Å². The van der Waals surface area contributed by atoms with E-state index in [4.69, 9.17) is 14.2 Å². The molecule has 2 fully saturated rings. The van der Waals surface area contributed by atoms with Crippen LogP contribution in [0.2, 0.25) is 0 Å². The number of esters is 3. The topological polar surface area (TPSA) is 96.0 Å². The zero-order valence-electron chi connectivity index (χ0n) is 20.7. The normalized spacial score (nSPS) is 37.6. The molecule has 0 aromatic heterocycles. The fraction of sp³-hybridized carbons (Fsp3) is 0.692. The number of ether oxygens (including phenoxy) is 3. The highest BCUT2D eigenvalue weighted by Gasteiger charge is 2.61. The fourth-order valence-corrected chi connectivity index (χ4v) is 6.95. The molecule has 0 aromatic rings. The highest BCUT2D eigenvalue weighted by atomic mass is 16.6. The van der Waals surface area contributed by atoms with Crippen molar-refractivity contribution >= 4 is 23.7 Å². The Morgan fingerprint density at radius 3 is 2.06 bits per heavy atom. The van der Waals surface area contributed by atoms with E-state index in [0.29, 0.717) is 24.8 Å². The molecule has 0 amide bonds. The number of rotatable bonds is 3. The van der Waals surface area contributed by atoms with Gasteiger partial charge in [0.25, 0.3) is 0 Å². The SMILES string of the molecule is C=C1[C@@H](OC(C)=O)CC[C@@]2(C)C[C@H](OC(C)=O)[C@H]3C(C)=CC(=O)[C@@H]([C@@H](OC(C)=O)[C@H]12)C3(C)C. The fourth-order valence-electron chi connectivity index (χ4n) is 6.95. The molecule has 7 nitrogen and oxygen atoms in total. The Balaban J connectivity index is 2.23. The van der Waals surface area contributed by atoms with Crippen molar-refractivity contribution in [2.75, 3.05) is 0 Å². The number of hydrogen-bond donors (Lipinski definition) is 0. The molecular weight excluding hydrogens is 424 g/mol. The van der Waals surface area contributed by atoms with Crippen LogP contribution in [0, 0.1) is 28.6 Å². The lowest BCUT2D eigenvalue weighted by molar-refractivity contribution is -0.184. The van der Waals surface area contributed by atoms with Crippen LogP contribution in [-0.2, 0) is 33.4 Å². The summed E-state index contributed by atoms with van der Waals surface area (Å²) < 4.78 is 17.4. The van der Waals surface area contributed by atoms with E-state index in [0.717, 1.165) is 5.57 Å². The summed E-state index contributed by atoms with van der Waals surface area (Å²) in [4.78, 5) is 49.6. The molecule has 33 heavy (non-hydrogen) atoms. The number of carbonyl (C=O) groups is 4. The van der Waals surface area contributed by atoms with Crippen molar-refractivity contribution in [2.45, 2.75) is 86.0 Å². The Kier molecular flexibility index (Phi) is 6.66. The van der Waals surface area contributed by atoms with E-state index in [9.17, 15) is 19.2 Å². The lowest BCUT2D eigenvalue weighted by atomic mass is 9.48. The Bertz CT molecular complexity index is 914. The number of carbonyl (C=O) groups excluding carboxylic acids is 4. The molecule has 0 N–H and O–H groups in total. The molecule has 0 aliphatic heterocycles. The van der Waals surface area contributed by atoms with Crippen LogP contribution in [0.5, 0.6) is 0 Å². The third-order valence-corrected chi connectivity index (χ3v) is 7.94. The number of ketones is 1. The van der Waals surface area contributed by atoms with Crippen molar-refractivity contribution in [3.8, 4) is 0 Å². The Hall–Kier alpha value is -2.44. The molecular formula is C26H36O7. The first-order valence-corrected chi connectivity index (χ1v) is 11.6. The van der Waals surface area contributed by atoms with Crippen LogP contribution in [0.4, 0.5) is 0 Å². The van der Waals surface area contributed by atoms with E-state index in [1.807, 2.05) is 20.8 Å². The summed E-state index contributed by atoms with van der Waals surface area (Å²) in [6, 6.07) is 0. The van der Waals surface area contributed by atoms with Gasteiger partial charge in [-0.05, 0) is 48.7 Å². The van der Waals surface area contributed by atoms with Gasteiger partial charge in [-0.1, -0.05) is 32.9 Å². The van der Waals surface area contributed by atoms with Crippen LogP contribution >= 0.6 is 0 Å². The van der Waals surface area contributed by atoms with E-state index < -0.39 is 52.9 Å². The van der Waals surface area contributed by atoms with Crippen LogP contribution < -0.4 is 0 Å². The molecule has 0 radical (unpaired) electrons. The Labute approximate surface area is 195 Å². The summed E-state index contributed by atoms with van der Waals surface area (Å²) in [6.07, 6.45) is 1.57. The van der Waals surface area contributed by atoms with Gasteiger partial charge in [-0.25, -0.2) is 0 Å². The minimum absolute atomic E-state index is 0.117. The second kappa shape index (κ2) is 8.73. The smallest absolute Gasteiger partial charge is 0.303 e. The summed E-state index contributed by atoms with van der Waals surface area (Å²) >= 11 is 0. The van der Waals surface area contributed by atoms with Crippen molar-refractivity contribution in [3.05, 3.63) is 23.8 Å². The molecule has 2 bridgehead atoms. The van der Waals surface area contributed by atoms with Crippen molar-refractivity contribution in [3.63, 3.8) is 0 Å². The predicted molar refractivity (Wildman–Crippen MR) is 121 cm³/mol. The highest BCUT2D eigenvalue weighted by Crippen LogP contribution is 2.59. The van der Waals surface area contributed by atoms with Gasteiger partial charge in [0.2, 0.25) is 0 Å². The third-order valence-electron chi connectivity index (χ3n) is 7.94. The van der Waals surface area contributed by atoms with E-state index in [1.54, 1.807) is 6.08 Å². The van der Waals surface area contributed by atoms with Crippen LogP contribution in [0.3, 0.4) is 0 Å². The summed E-state index contributed by atoms with van der Waals surface area (Å²) in [5.74, 6) is -2.70. The van der Waals surface area contributed by atoms with Crippen molar-refractivity contribution < 1.29 is 33.4 Å². The first-order valence-electron chi connectivity index (χ1n) is 11.6. The summed E-state index contributed by atoms with van der Waals surface area (Å²) in [5.41, 5.74) is 0.356. The van der Waals surface area contributed by atoms with Gasteiger partial charge in [-0.2, -0.15) is 0 Å². The molecule has 3 aliphatic carbocycles. The van der Waals surface area contributed by atoms with Crippen molar-refractivity contribution in [1.29, 1.82) is 0 Å². The molecule has 7 atom stereocenters. The average molecular weight is 461 g/mol. The zero-order chi connectivity index (χ0) is 24.9. The monoisotopic (exact) mass is 460 g/mol. The molecule has 0 unspecified atom stereocenters. The largest absolute Gasteiger partial charge is 0.462 e. The number of hydrogen-bond acceptors (Lipinski definition) is 7. The molecule has 3 rings (SSSR count). The van der Waals surface area contributed by atoms with Gasteiger partial charge in [-0.3, -0.25) is 19.2 Å². The van der Waals surface area contributed by atoms with E-state index in [2.05, 4.69) is 13.5 Å². The summed E-state index contributed by atoms with van der Waals surface area (Å²) in [7, 11) is 0. The summed E-state index contributed by atoms with van der Waals surface area (Å²) in [5, 5.41) is 0. The lowest BCUT2D eigenvalue weighted by Crippen LogP contribution is -2.61. The second-order valence-electron chi connectivity index (χ2n) is 10.8. The lowest BCUT2D eigenvalue weighted by Gasteiger charge is -2.58. The molecule has 182 valence electrons. The van der Waals surface area contributed by atoms with Crippen LogP contribution in [0.15, 0.2) is 23.8 Å². The van der Waals surface area contributed by atoms with Gasteiger partial charge >= 0.3 is 17.9 Å². The number of allylic oxidation sites excluding steroid dienone is 1. The molecule has 0 saturated heterocycles. The van der Waals surface area contributed by atoms with Gasteiger partial charge in [0.15, 0.2) is 5.78 Å². The minimum Gasteiger partial charge on any atom is -0.462 e. The molecule has 0 aromatic carbocycles. The van der Waals surface area contributed by atoms with E-state index in [1.165, 1.54) is 20.8 Å². The maximum atomic E-state index is 13.5. The van der Waals surface area contributed by atoms with Gasteiger partial charge in [0.1, 0.15) is 18.3 Å². The Morgan fingerprint density at radius 1 is 0.939 bits per heavy atom. The maximum absolute atomic E-state index is 13.5. The zero-order valence-corrected chi connectivity index (χ0v) is 20.7. The van der Waals surface area contributed by atoms with Crippen LogP contribution in [0.1, 0.15) is 67.7 Å². The van der Waals surface area contributed by atoms with Gasteiger partial charge in [0.05, 0.1) is 5.92 Å². The molecule has 0 heterocycles. The average Bonchev–Trinajstić information content (AvgIpc) is 2.61. The van der Waals surface area contributed by atoms with Crippen molar-refractivity contribution in [1.82, 2.24) is 0 Å². The number of fused-ring (bicyclic) bond motifs is 3. The van der Waals surface area contributed by atoms with Crippen LogP contribution in [0.25, 0.3) is 0 Å². The van der Waals surface area contributed by atoms with E-state index in [-0.39, 0.29) is 17.7 Å². The molecule has 3 aliphatic rings.